The number of carboxylic acids is 1. The molecule has 1 saturated carbocycles. The molecule has 2 N–H and O–H groups in total. The summed E-state index contributed by atoms with van der Waals surface area (Å²) >= 11 is 0. The van der Waals surface area contributed by atoms with Gasteiger partial charge in [-0.05, 0) is 51.0 Å². The first kappa shape index (κ1) is 16.2. The Morgan fingerprint density at radius 2 is 2.04 bits per heavy atom. The molecule has 1 aromatic carbocycles. The van der Waals surface area contributed by atoms with Crippen LogP contribution in [0.15, 0.2) is 30.3 Å². The molecule has 24 heavy (non-hydrogen) atoms. The highest BCUT2D eigenvalue weighted by atomic mass is 16.4. The zero-order valence-electron chi connectivity index (χ0n) is 13.9. The lowest BCUT2D eigenvalue weighted by Crippen LogP contribution is -2.41. The molecule has 0 saturated heterocycles. The molecule has 0 radical (unpaired) electrons. The van der Waals surface area contributed by atoms with Crippen LogP contribution in [0.4, 0.5) is 5.69 Å². The van der Waals surface area contributed by atoms with Crippen LogP contribution < -0.4 is 5.32 Å². The van der Waals surface area contributed by atoms with E-state index in [1.807, 2.05) is 42.8 Å². The lowest BCUT2D eigenvalue weighted by atomic mass is 9.66. The van der Waals surface area contributed by atoms with Crippen LogP contribution in [0.3, 0.4) is 0 Å². The van der Waals surface area contributed by atoms with Gasteiger partial charge in [-0.1, -0.05) is 12.5 Å². The van der Waals surface area contributed by atoms with Gasteiger partial charge in [-0.15, -0.1) is 0 Å². The van der Waals surface area contributed by atoms with E-state index < -0.39 is 11.4 Å². The van der Waals surface area contributed by atoms with Crippen LogP contribution in [0.2, 0.25) is 0 Å². The van der Waals surface area contributed by atoms with E-state index in [2.05, 4.69) is 10.4 Å². The highest BCUT2D eigenvalue weighted by molar-refractivity contribution is 5.94. The average Bonchev–Trinajstić information content (AvgIpc) is 2.81. The molecule has 1 heterocycles. The van der Waals surface area contributed by atoms with Crippen LogP contribution >= 0.6 is 0 Å². The Morgan fingerprint density at radius 1 is 1.29 bits per heavy atom. The number of nitrogens with zero attached hydrogens (tertiary/aromatic N) is 2. The van der Waals surface area contributed by atoms with E-state index in [0.29, 0.717) is 18.5 Å². The molecule has 1 fully saturated rings. The lowest BCUT2D eigenvalue weighted by Gasteiger charge is -2.36. The third-order valence-corrected chi connectivity index (χ3v) is 4.65. The van der Waals surface area contributed by atoms with Crippen molar-refractivity contribution in [3.05, 3.63) is 41.7 Å². The summed E-state index contributed by atoms with van der Waals surface area (Å²) in [4.78, 5) is 23.6. The van der Waals surface area contributed by atoms with Crippen molar-refractivity contribution in [1.82, 2.24) is 9.78 Å². The van der Waals surface area contributed by atoms with E-state index in [0.717, 1.165) is 23.5 Å². The SMILES string of the molecule is Cc1cc(C)n(-c2cccc(NC(=O)CC3(C(=O)O)CCC3)c2)n1. The quantitative estimate of drug-likeness (QED) is 0.884. The van der Waals surface area contributed by atoms with Gasteiger partial charge in [0.15, 0.2) is 0 Å². The average molecular weight is 327 g/mol. The van der Waals surface area contributed by atoms with Crippen molar-refractivity contribution in [1.29, 1.82) is 0 Å². The summed E-state index contributed by atoms with van der Waals surface area (Å²) in [6.45, 7) is 3.90. The highest BCUT2D eigenvalue weighted by Gasteiger charge is 2.45. The second-order valence-electron chi connectivity index (χ2n) is 6.55. The molecular formula is C18H21N3O3. The summed E-state index contributed by atoms with van der Waals surface area (Å²) in [7, 11) is 0. The Balaban J connectivity index is 1.74. The van der Waals surface area contributed by atoms with Crippen molar-refractivity contribution in [2.24, 2.45) is 5.41 Å². The second kappa shape index (κ2) is 6.11. The van der Waals surface area contributed by atoms with Gasteiger partial charge >= 0.3 is 5.97 Å². The van der Waals surface area contributed by atoms with Gasteiger partial charge in [0.05, 0.1) is 16.8 Å². The number of aliphatic carboxylic acids is 1. The standard InChI is InChI=1S/C18H21N3O3/c1-12-9-13(2)21(20-12)15-6-3-5-14(10-15)19-16(22)11-18(17(23)24)7-4-8-18/h3,5-6,9-10H,4,7-8,11H2,1-2H3,(H,19,22)(H,23,24). The van der Waals surface area contributed by atoms with Gasteiger partial charge in [0.2, 0.25) is 5.91 Å². The fourth-order valence-corrected chi connectivity index (χ4v) is 3.19. The first-order chi connectivity index (χ1) is 11.4. The van der Waals surface area contributed by atoms with E-state index in [1.165, 1.54) is 0 Å². The Bertz CT molecular complexity index is 791. The first-order valence-electron chi connectivity index (χ1n) is 8.07. The normalized spacial score (nSPS) is 15.6. The molecule has 6 heteroatoms. The van der Waals surface area contributed by atoms with E-state index in [-0.39, 0.29) is 12.3 Å². The van der Waals surface area contributed by atoms with Crippen molar-refractivity contribution in [3.8, 4) is 5.69 Å². The molecule has 0 spiro atoms. The van der Waals surface area contributed by atoms with Crippen molar-refractivity contribution < 1.29 is 14.7 Å². The molecule has 0 unspecified atom stereocenters. The van der Waals surface area contributed by atoms with Gasteiger partial charge in [0, 0.05) is 17.8 Å². The molecule has 3 rings (SSSR count). The maximum Gasteiger partial charge on any atom is 0.310 e. The van der Waals surface area contributed by atoms with Gasteiger partial charge in [-0.3, -0.25) is 9.59 Å². The number of aryl methyl sites for hydroxylation is 2. The van der Waals surface area contributed by atoms with E-state index >= 15 is 0 Å². The maximum atomic E-state index is 12.2. The molecule has 6 nitrogen and oxygen atoms in total. The van der Waals surface area contributed by atoms with Gasteiger partial charge < -0.3 is 10.4 Å². The number of carbonyl (C=O) groups is 2. The Morgan fingerprint density at radius 3 is 2.58 bits per heavy atom. The van der Waals surface area contributed by atoms with Crippen LogP contribution in [-0.4, -0.2) is 26.8 Å². The molecule has 0 bridgehead atoms. The monoisotopic (exact) mass is 327 g/mol. The van der Waals surface area contributed by atoms with Crippen LogP contribution in [-0.2, 0) is 9.59 Å². The topological polar surface area (TPSA) is 84.2 Å². The van der Waals surface area contributed by atoms with Crippen LogP contribution in [0.1, 0.15) is 37.1 Å². The molecule has 1 amide bonds. The number of carbonyl (C=O) groups excluding carboxylic acids is 1. The van der Waals surface area contributed by atoms with Crippen LogP contribution in [0.5, 0.6) is 0 Å². The molecule has 1 aliphatic rings. The number of hydrogen-bond donors (Lipinski definition) is 2. The molecule has 0 atom stereocenters. The molecular weight excluding hydrogens is 306 g/mol. The smallest absolute Gasteiger partial charge is 0.310 e. The number of hydrogen-bond acceptors (Lipinski definition) is 3. The number of amides is 1. The van der Waals surface area contributed by atoms with Crippen LogP contribution in [0.25, 0.3) is 5.69 Å². The number of rotatable bonds is 5. The summed E-state index contributed by atoms with van der Waals surface area (Å²) in [5.74, 6) is -1.14. The minimum absolute atomic E-state index is 0.0203. The summed E-state index contributed by atoms with van der Waals surface area (Å²) < 4.78 is 1.82. The van der Waals surface area contributed by atoms with E-state index in [9.17, 15) is 14.7 Å². The van der Waals surface area contributed by atoms with Crippen molar-refractivity contribution in [3.63, 3.8) is 0 Å². The largest absolute Gasteiger partial charge is 0.481 e. The van der Waals surface area contributed by atoms with Crippen LogP contribution in [0, 0.1) is 19.3 Å². The van der Waals surface area contributed by atoms with Crippen molar-refractivity contribution >= 4 is 17.6 Å². The zero-order chi connectivity index (χ0) is 17.3. The second-order valence-corrected chi connectivity index (χ2v) is 6.55. The fourth-order valence-electron chi connectivity index (χ4n) is 3.19. The summed E-state index contributed by atoms with van der Waals surface area (Å²) in [6, 6.07) is 9.38. The number of aromatic nitrogens is 2. The highest BCUT2D eigenvalue weighted by Crippen LogP contribution is 2.44. The van der Waals surface area contributed by atoms with Crippen molar-refractivity contribution in [2.75, 3.05) is 5.32 Å². The fraction of sp³-hybridized carbons (Fsp3) is 0.389. The van der Waals surface area contributed by atoms with E-state index in [1.54, 1.807) is 6.07 Å². The lowest BCUT2D eigenvalue weighted by molar-refractivity contribution is -0.157. The molecule has 2 aromatic rings. The molecule has 0 aliphatic heterocycles. The van der Waals surface area contributed by atoms with Crippen molar-refractivity contribution in [2.45, 2.75) is 39.5 Å². The maximum absolute atomic E-state index is 12.2. The van der Waals surface area contributed by atoms with Gasteiger partial charge in [0.1, 0.15) is 0 Å². The number of nitrogens with one attached hydrogen (secondary N) is 1. The van der Waals surface area contributed by atoms with Gasteiger partial charge in [-0.25, -0.2) is 4.68 Å². The Labute approximate surface area is 140 Å². The summed E-state index contributed by atoms with van der Waals surface area (Å²) in [5.41, 5.74) is 2.56. The number of anilines is 1. The Hall–Kier alpha value is -2.63. The molecule has 126 valence electrons. The summed E-state index contributed by atoms with van der Waals surface area (Å²) in [6.07, 6.45) is 2.03. The minimum atomic E-state index is -0.878. The van der Waals surface area contributed by atoms with E-state index in [4.69, 9.17) is 0 Å². The minimum Gasteiger partial charge on any atom is -0.481 e. The third-order valence-electron chi connectivity index (χ3n) is 4.65. The zero-order valence-corrected chi connectivity index (χ0v) is 13.9. The van der Waals surface area contributed by atoms with Gasteiger partial charge in [0.25, 0.3) is 0 Å². The predicted octanol–water partition coefficient (Wildman–Crippen LogP) is 3.07. The predicted molar refractivity (Wildman–Crippen MR) is 90.2 cm³/mol. The van der Waals surface area contributed by atoms with Gasteiger partial charge in [-0.2, -0.15) is 5.10 Å². The Kier molecular flexibility index (Phi) is 4.13. The number of carboxylic acid groups (broad SMARTS) is 1. The molecule has 1 aliphatic carbocycles. The summed E-state index contributed by atoms with van der Waals surface area (Å²) in [5, 5.41) is 16.6. The molecule has 1 aromatic heterocycles. The number of benzene rings is 1. The third kappa shape index (κ3) is 3.04. The first-order valence-corrected chi connectivity index (χ1v) is 8.07.